The monoisotopic (exact) mass is 260 g/mol. The third-order valence-electron chi connectivity index (χ3n) is 2.53. The lowest BCUT2D eigenvalue weighted by molar-refractivity contribution is 0.0779. The number of rotatable bonds is 5. The van der Waals surface area contributed by atoms with Crippen LogP contribution in [0.1, 0.15) is 23.0 Å². The number of carbonyl (C=O) groups is 1. The number of H-pyrrole nitrogens is 1. The standard InChI is InChI=1S/C12H16N6O/c1-3-14-11-7-13-6-10(17-11)12(19)18(2)8-9-4-15-16-5-9/h4-7H,3,8H2,1-2H3,(H,14,17)(H,15,16). The molecule has 0 unspecified atom stereocenters. The van der Waals surface area contributed by atoms with E-state index in [1.807, 2.05) is 6.92 Å². The largest absolute Gasteiger partial charge is 0.369 e. The highest BCUT2D eigenvalue weighted by molar-refractivity contribution is 5.92. The van der Waals surface area contributed by atoms with Crippen molar-refractivity contribution in [2.45, 2.75) is 13.5 Å². The van der Waals surface area contributed by atoms with E-state index in [1.54, 1.807) is 30.5 Å². The van der Waals surface area contributed by atoms with Crippen molar-refractivity contribution in [3.8, 4) is 0 Å². The molecule has 2 N–H and O–H groups in total. The predicted octanol–water partition coefficient (Wildman–Crippen LogP) is 0.904. The molecule has 0 atom stereocenters. The molecule has 0 radical (unpaired) electrons. The number of nitrogens with zero attached hydrogens (tertiary/aromatic N) is 4. The highest BCUT2D eigenvalue weighted by atomic mass is 16.2. The Hall–Kier alpha value is -2.44. The van der Waals surface area contributed by atoms with Crippen LogP contribution in [-0.4, -0.2) is 44.6 Å². The minimum Gasteiger partial charge on any atom is -0.369 e. The average Bonchev–Trinajstić information content (AvgIpc) is 2.91. The summed E-state index contributed by atoms with van der Waals surface area (Å²) in [6.45, 7) is 3.17. The quantitative estimate of drug-likeness (QED) is 0.834. The van der Waals surface area contributed by atoms with Crippen LogP contribution in [0.25, 0.3) is 0 Å². The van der Waals surface area contributed by atoms with E-state index in [4.69, 9.17) is 0 Å². The Labute approximate surface area is 111 Å². The van der Waals surface area contributed by atoms with Gasteiger partial charge >= 0.3 is 0 Å². The highest BCUT2D eigenvalue weighted by Gasteiger charge is 2.14. The number of amides is 1. The number of aromatic amines is 1. The molecule has 7 heteroatoms. The molecule has 1 amide bonds. The summed E-state index contributed by atoms with van der Waals surface area (Å²) in [5.74, 6) is 0.429. The zero-order valence-electron chi connectivity index (χ0n) is 10.9. The Morgan fingerprint density at radius 2 is 2.26 bits per heavy atom. The van der Waals surface area contributed by atoms with E-state index in [-0.39, 0.29) is 5.91 Å². The SMILES string of the molecule is CCNc1cncc(C(=O)N(C)Cc2cn[nH]c2)n1. The Balaban J connectivity index is 2.08. The molecule has 2 aromatic heterocycles. The van der Waals surface area contributed by atoms with Crippen molar-refractivity contribution in [2.24, 2.45) is 0 Å². The molecule has 2 heterocycles. The second-order valence-corrected chi connectivity index (χ2v) is 4.09. The van der Waals surface area contributed by atoms with E-state index in [9.17, 15) is 4.79 Å². The van der Waals surface area contributed by atoms with Crippen LogP contribution in [0.15, 0.2) is 24.8 Å². The summed E-state index contributed by atoms with van der Waals surface area (Å²) >= 11 is 0. The van der Waals surface area contributed by atoms with Crippen LogP contribution in [0.2, 0.25) is 0 Å². The Kier molecular flexibility index (Phi) is 4.07. The summed E-state index contributed by atoms with van der Waals surface area (Å²) < 4.78 is 0. The molecule has 0 bridgehead atoms. The zero-order valence-corrected chi connectivity index (χ0v) is 10.9. The molecule has 0 aliphatic rings. The fourth-order valence-corrected chi connectivity index (χ4v) is 1.64. The Bertz CT molecular complexity index is 539. The smallest absolute Gasteiger partial charge is 0.274 e. The van der Waals surface area contributed by atoms with Crippen LogP contribution < -0.4 is 5.32 Å². The van der Waals surface area contributed by atoms with Crippen molar-refractivity contribution in [3.63, 3.8) is 0 Å². The van der Waals surface area contributed by atoms with Gasteiger partial charge in [0.25, 0.3) is 5.91 Å². The van der Waals surface area contributed by atoms with Crippen molar-refractivity contribution < 1.29 is 4.79 Å². The molecule has 19 heavy (non-hydrogen) atoms. The van der Waals surface area contributed by atoms with Crippen LogP contribution in [0.4, 0.5) is 5.82 Å². The van der Waals surface area contributed by atoms with Gasteiger partial charge in [-0.2, -0.15) is 5.10 Å². The molecule has 0 aliphatic carbocycles. The van der Waals surface area contributed by atoms with Gasteiger partial charge in [0.05, 0.1) is 18.6 Å². The van der Waals surface area contributed by atoms with Crippen molar-refractivity contribution in [1.82, 2.24) is 25.1 Å². The van der Waals surface area contributed by atoms with Crippen molar-refractivity contribution in [1.29, 1.82) is 0 Å². The van der Waals surface area contributed by atoms with E-state index < -0.39 is 0 Å². The van der Waals surface area contributed by atoms with E-state index in [2.05, 4.69) is 25.5 Å². The van der Waals surface area contributed by atoms with Gasteiger partial charge in [0.15, 0.2) is 0 Å². The molecule has 100 valence electrons. The van der Waals surface area contributed by atoms with E-state index in [0.717, 1.165) is 12.1 Å². The lowest BCUT2D eigenvalue weighted by Gasteiger charge is -2.15. The lowest BCUT2D eigenvalue weighted by atomic mass is 10.3. The van der Waals surface area contributed by atoms with Crippen molar-refractivity contribution in [2.75, 3.05) is 18.9 Å². The van der Waals surface area contributed by atoms with Crippen LogP contribution in [0.5, 0.6) is 0 Å². The summed E-state index contributed by atoms with van der Waals surface area (Å²) in [5, 5.41) is 9.59. The maximum Gasteiger partial charge on any atom is 0.274 e. The van der Waals surface area contributed by atoms with Gasteiger partial charge in [-0.3, -0.25) is 14.9 Å². The summed E-state index contributed by atoms with van der Waals surface area (Å²) in [7, 11) is 1.72. The molecule has 2 aromatic rings. The first-order valence-electron chi connectivity index (χ1n) is 5.99. The van der Waals surface area contributed by atoms with Gasteiger partial charge in [0.1, 0.15) is 11.5 Å². The van der Waals surface area contributed by atoms with Gasteiger partial charge in [-0.05, 0) is 6.92 Å². The van der Waals surface area contributed by atoms with Crippen LogP contribution in [-0.2, 0) is 6.54 Å². The Morgan fingerprint density at radius 3 is 2.95 bits per heavy atom. The number of hydrogen-bond acceptors (Lipinski definition) is 5. The zero-order chi connectivity index (χ0) is 13.7. The summed E-state index contributed by atoms with van der Waals surface area (Å²) in [6.07, 6.45) is 6.50. The second-order valence-electron chi connectivity index (χ2n) is 4.09. The third-order valence-corrected chi connectivity index (χ3v) is 2.53. The average molecular weight is 260 g/mol. The molecule has 0 aliphatic heterocycles. The molecule has 0 saturated carbocycles. The Morgan fingerprint density at radius 1 is 1.42 bits per heavy atom. The minimum absolute atomic E-state index is 0.173. The number of anilines is 1. The van der Waals surface area contributed by atoms with Gasteiger partial charge in [0.2, 0.25) is 0 Å². The number of nitrogens with one attached hydrogen (secondary N) is 2. The highest BCUT2D eigenvalue weighted by Crippen LogP contribution is 2.07. The molecule has 0 fully saturated rings. The van der Waals surface area contributed by atoms with Gasteiger partial charge < -0.3 is 10.2 Å². The van der Waals surface area contributed by atoms with Gasteiger partial charge in [-0.1, -0.05) is 0 Å². The van der Waals surface area contributed by atoms with Crippen LogP contribution in [0, 0.1) is 0 Å². The molecular weight excluding hydrogens is 244 g/mol. The van der Waals surface area contributed by atoms with Gasteiger partial charge in [-0.25, -0.2) is 4.98 Å². The van der Waals surface area contributed by atoms with Crippen LogP contribution in [0.3, 0.4) is 0 Å². The third kappa shape index (κ3) is 3.27. The fraction of sp³-hybridized carbons (Fsp3) is 0.333. The predicted molar refractivity (Wildman–Crippen MR) is 70.6 cm³/mol. The molecule has 0 saturated heterocycles. The van der Waals surface area contributed by atoms with Crippen LogP contribution >= 0.6 is 0 Å². The first-order chi connectivity index (χ1) is 9.20. The maximum atomic E-state index is 12.2. The topological polar surface area (TPSA) is 86.8 Å². The summed E-state index contributed by atoms with van der Waals surface area (Å²) in [4.78, 5) is 22.0. The first-order valence-corrected chi connectivity index (χ1v) is 5.99. The molecular formula is C12H16N6O. The van der Waals surface area contributed by atoms with Gasteiger partial charge in [-0.15, -0.1) is 0 Å². The maximum absolute atomic E-state index is 12.2. The molecule has 2 rings (SSSR count). The van der Waals surface area contributed by atoms with E-state index in [1.165, 1.54) is 6.20 Å². The number of aromatic nitrogens is 4. The second kappa shape index (κ2) is 5.94. The lowest BCUT2D eigenvalue weighted by Crippen LogP contribution is -2.27. The number of hydrogen-bond donors (Lipinski definition) is 2. The summed E-state index contributed by atoms with van der Waals surface area (Å²) in [6, 6.07) is 0. The molecule has 7 nitrogen and oxygen atoms in total. The normalized spacial score (nSPS) is 10.2. The van der Waals surface area contributed by atoms with Gasteiger partial charge in [0, 0.05) is 31.9 Å². The minimum atomic E-state index is -0.173. The first kappa shape index (κ1) is 13.0. The van der Waals surface area contributed by atoms with Crippen molar-refractivity contribution >= 4 is 11.7 Å². The summed E-state index contributed by atoms with van der Waals surface area (Å²) in [5.41, 5.74) is 1.26. The molecule has 0 aromatic carbocycles. The van der Waals surface area contributed by atoms with Crippen molar-refractivity contribution in [3.05, 3.63) is 36.0 Å². The van der Waals surface area contributed by atoms with E-state index >= 15 is 0 Å². The fourth-order valence-electron chi connectivity index (χ4n) is 1.64. The number of carbonyl (C=O) groups excluding carboxylic acids is 1. The molecule has 0 spiro atoms. The van der Waals surface area contributed by atoms with E-state index in [0.29, 0.717) is 18.1 Å².